The predicted octanol–water partition coefficient (Wildman–Crippen LogP) is 3.49. The Labute approximate surface area is 112 Å². The fourth-order valence-electron chi connectivity index (χ4n) is 1.56. The molecule has 1 aromatic carbocycles. The molecule has 1 aromatic heterocycles. The molecular weight excluding hydrogens is 250 g/mol. The van der Waals surface area contributed by atoms with Crippen LogP contribution < -0.4 is 10.1 Å². The van der Waals surface area contributed by atoms with E-state index in [1.807, 2.05) is 36.4 Å². The van der Waals surface area contributed by atoms with E-state index < -0.39 is 0 Å². The van der Waals surface area contributed by atoms with Crippen molar-refractivity contribution in [3.05, 3.63) is 53.4 Å². The van der Waals surface area contributed by atoms with Gasteiger partial charge in [0.25, 0.3) is 0 Å². The van der Waals surface area contributed by atoms with Crippen molar-refractivity contribution in [2.45, 2.75) is 13.0 Å². The maximum absolute atomic E-state index is 5.68. The molecule has 0 radical (unpaired) electrons. The van der Waals surface area contributed by atoms with Crippen molar-refractivity contribution in [1.29, 1.82) is 0 Å². The van der Waals surface area contributed by atoms with E-state index in [0.717, 1.165) is 24.5 Å². The molecule has 1 heterocycles. The molecule has 0 aliphatic heterocycles. The van der Waals surface area contributed by atoms with Crippen LogP contribution in [0.2, 0.25) is 5.22 Å². The van der Waals surface area contributed by atoms with Crippen LogP contribution in [0.3, 0.4) is 0 Å². The van der Waals surface area contributed by atoms with Crippen molar-refractivity contribution in [2.75, 3.05) is 13.2 Å². The van der Waals surface area contributed by atoms with Crippen LogP contribution in [0.25, 0.3) is 0 Å². The zero-order chi connectivity index (χ0) is 12.6. The van der Waals surface area contributed by atoms with Gasteiger partial charge in [-0.1, -0.05) is 18.2 Å². The minimum absolute atomic E-state index is 0.430. The van der Waals surface area contributed by atoms with Gasteiger partial charge in [-0.3, -0.25) is 0 Å². The minimum Gasteiger partial charge on any atom is -0.494 e. The summed E-state index contributed by atoms with van der Waals surface area (Å²) in [5, 5.41) is 3.70. The van der Waals surface area contributed by atoms with Crippen molar-refractivity contribution in [3.8, 4) is 5.75 Å². The summed E-state index contributed by atoms with van der Waals surface area (Å²) in [5.74, 6) is 1.76. The van der Waals surface area contributed by atoms with Gasteiger partial charge in [0.1, 0.15) is 11.5 Å². The summed E-state index contributed by atoms with van der Waals surface area (Å²) in [4.78, 5) is 0. The third kappa shape index (κ3) is 4.43. The number of ether oxygens (including phenoxy) is 1. The van der Waals surface area contributed by atoms with E-state index in [9.17, 15) is 0 Å². The first-order chi connectivity index (χ1) is 8.84. The highest BCUT2D eigenvalue weighted by Gasteiger charge is 1.98. The topological polar surface area (TPSA) is 34.4 Å². The average molecular weight is 266 g/mol. The van der Waals surface area contributed by atoms with Gasteiger partial charge in [-0.15, -0.1) is 0 Å². The number of benzene rings is 1. The van der Waals surface area contributed by atoms with Crippen LogP contribution in [-0.4, -0.2) is 13.2 Å². The smallest absolute Gasteiger partial charge is 0.193 e. The van der Waals surface area contributed by atoms with E-state index in [1.165, 1.54) is 0 Å². The highest BCUT2D eigenvalue weighted by molar-refractivity contribution is 6.28. The zero-order valence-electron chi connectivity index (χ0n) is 10.1. The molecule has 0 fully saturated rings. The first kappa shape index (κ1) is 13.0. The Morgan fingerprint density at radius 1 is 1.11 bits per heavy atom. The van der Waals surface area contributed by atoms with Crippen LogP contribution in [0.1, 0.15) is 12.2 Å². The number of furan rings is 1. The van der Waals surface area contributed by atoms with E-state index in [-0.39, 0.29) is 0 Å². The van der Waals surface area contributed by atoms with Gasteiger partial charge in [0, 0.05) is 0 Å². The summed E-state index contributed by atoms with van der Waals surface area (Å²) in [6.07, 6.45) is 0.948. The van der Waals surface area contributed by atoms with Gasteiger partial charge in [-0.25, -0.2) is 0 Å². The lowest BCUT2D eigenvalue weighted by Gasteiger charge is -2.06. The molecule has 0 atom stereocenters. The van der Waals surface area contributed by atoms with Crippen molar-refractivity contribution < 1.29 is 9.15 Å². The van der Waals surface area contributed by atoms with Gasteiger partial charge in [0.15, 0.2) is 5.22 Å². The lowest BCUT2D eigenvalue weighted by molar-refractivity contribution is 0.307. The van der Waals surface area contributed by atoms with Crippen LogP contribution in [0.4, 0.5) is 0 Å². The minimum atomic E-state index is 0.430. The molecule has 18 heavy (non-hydrogen) atoms. The number of halogens is 1. The van der Waals surface area contributed by atoms with Crippen LogP contribution in [0.15, 0.2) is 46.9 Å². The van der Waals surface area contributed by atoms with Crippen LogP contribution in [0.5, 0.6) is 5.75 Å². The largest absolute Gasteiger partial charge is 0.494 e. The number of hydrogen-bond donors (Lipinski definition) is 1. The molecule has 0 unspecified atom stereocenters. The van der Waals surface area contributed by atoms with Gasteiger partial charge in [-0.2, -0.15) is 0 Å². The molecule has 0 amide bonds. The Morgan fingerprint density at radius 3 is 2.67 bits per heavy atom. The molecule has 0 aliphatic rings. The molecule has 4 heteroatoms. The Hall–Kier alpha value is -1.45. The van der Waals surface area contributed by atoms with Crippen molar-refractivity contribution >= 4 is 11.6 Å². The van der Waals surface area contributed by atoms with Gasteiger partial charge >= 0.3 is 0 Å². The monoisotopic (exact) mass is 265 g/mol. The summed E-state index contributed by atoms with van der Waals surface area (Å²) in [6.45, 7) is 2.28. The molecule has 3 nitrogen and oxygen atoms in total. The van der Waals surface area contributed by atoms with E-state index in [2.05, 4.69) is 5.32 Å². The molecule has 2 aromatic rings. The highest BCUT2D eigenvalue weighted by atomic mass is 35.5. The average Bonchev–Trinajstić information content (AvgIpc) is 2.81. The van der Waals surface area contributed by atoms with E-state index in [0.29, 0.717) is 18.4 Å². The fraction of sp³-hybridized carbons (Fsp3) is 0.286. The standard InChI is InChI=1S/C14H16ClNO2/c15-14-8-7-13(18-14)11-16-9-4-10-17-12-5-2-1-3-6-12/h1-3,5-8,16H,4,9-11H2. The molecule has 0 aliphatic carbocycles. The maximum Gasteiger partial charge on any atom is 0.193 e. The zero-order valence-corrected chi connectivity index (χ0v) is 10.8. The lowest BCUT2D eigenvalue weighted by atomic mass is 10.3. The molecule has 0 spiro atoms. The normalized spacial score (nSPS) is 10.5. The third-order valence-electron chi connectivity index (χ3n) is 2.44. The summed E-state index contributed by atoms with van der Waals surface area (Å²) >= 11 is 5.68. The molecule has 0 saturated carbocycles. The summed E-state index contributed by atoms with van der Waals surface area (Å²) < 4.78 is 10.8. The van der Waals surface area contributed by atoms with Crippen LogP contribution in [-0.2, 0) is 6.54 Å². The quantitative estimate of drug-likeness (QED) is 0.778. The van der Waals surface area contributed by atoms with E-state index >= 15 is 0 Å². The molecule has 96 valence electrons. The highest BCUT2D eigenvalue weighted by Crippen LogP contribution is 2.12. The van der Waals surface area contributed by atoms with Gasteiger partial charge in [-0.05, 0) is 48.8 Å². The first-order valence-corrected chi connectivity index (χ1v) is 6.35. The maximum atomic E-state index is 5.68. The Bertz CT molecular complexity index is 456. The molecule has 2 rings (SSSR count). The van der Waals surface area contributed by atoms with Crippen molar-refractivity contribution in [2.24, 2.45) is 0 Å². The summed E-state index contributed by atoms with van der Waals surface area (Å²) in [7, 11) is 0. The van der Waals surface area contributed by atoms with Crippen LogP contribution >= 0.6 is 11.6 Å². The predicted molar refractivity (Wildman–Crippen MR) is 72.0 cm³/mol. The van der Waals surface area contributed by atoms with Gasteiger partial charge < -0.3 is 14.5 Å². The summed E-state index contributed by atoms with van der Waals surface area (Å²) in [5.41, 5.74) is 0. The second kappa shape index (κ2) is 7.09. The van der Waals surface area contributed by atoms with Gasteiger partial charge in [0.2, 0.25) is 0 Å². The first-order valence-electron chi connectivity index (χ1n) is 5.97. The second-order valence-electron chi connectivity index (χ2n) is 3.90. The van der Waals surface area contributed by atoms with E-state index in [1.54, 1.807) is 6.07 Å². The Balaban J connectivity index is 1.54. The molecule has 0 bridgehead atoms. The number of hydrogen-bond acceptors (Lipinski definition) is 3. The summed E-state index contributed by atoms with van der Waals surface area (Å²) in [6, 6.07) is 13.4. The Kier molecular flexibility index (Phi) is 5.12. The molecular formula is C14H16ClNO2. The van der Waals surface area contributed by atoms with Crippen molar-refractivity contribution in [1.82, 2.24) is 5.32 Å². The number of rotatable bonds is 7. The molecule has 1 N–H and O–H groups in total. The van der Waals surface area contributed by atoms with Crippen LogP contribution in [0, 0.1) is 0 Å². The van der Waals surface area contributed by atoms with Crippen molar-refractivity contribution in [3.63, 3.8) is 0 Å². The number of nitrogens with one attached hydrogen (secondary N) is 1. The SMILES string of the molecule is Clc1ccc(CNCCCOc2ccccc2)o1. The third-order valence-corrected chi connectivity index (χ3v) is 2.64. The number of para-hydroxylation sites is 1. The second-order valence-corrected chi connectivity index (χ2v) is 4.27. The Morgan fingerprint density at radius 2 is 1.94 bits per heavy atom. The van der Waals surface area contributed by atoms with Gasteiger partial charge in [0.05, 0.1) is 13.2 Å². The lowest BCUT2D eigenvalue weighted by Crippen LogP contribution is -2.16. The molecule has 0 saturated heterocycles. The van der Waals surface area contributed by atoms with E-state index in [4.69, 9.17) is 20.8 Å². The fourth-order valence-corrected chi connectivity index (χ4v) is 1.72.